The van der Waals surface area contributed by atoms with E-state index in [0.29, 0.717) is 11.1 Å². The van der Waals surface area contributed by atoms with Gasteiger partial charge < -0.3 is 9.64 Å². The molecule has 0 N–H and O–H groups in total. The fraction of sp³-hybridized carbons (Fsp3) is 0.455. The van der Waals surface area contributed by atoms with Crippen molar-refractivity contribution in [2.75, 3.05) is 21.2 Å². The molecule has 0 heterocycles. The molecule has 4 heteroatoms. The maximum Gasteiger partial charge on any atom is 0.332 e. The number of esters is 1. The predicted octanol–water partition coefficient (Wildman–Crippen LogP) is 1.39. The first kappa shape index (κ1) is 15.9. The van der Waals surface area contributed by atoms with Crippen LogP contribution in [-0.2, 0) is 14.3 Å². The highest BCUT2D eigenvalue weighted by atomic mass is 16.5. The van der Waals surface area contributed by atoms with E-state index in [9.17, 15) is 9.59 Å². The highest BCUT2D eigenvalue weighted by molar-refractivity contribution is 5.91. The van der Waals surface area contributed by atoms with Crippen LogP contribution in [0.2, 0.25) is 0 Å². The van der Waals surface area contributed by atoms with Crippen LogP contribution in [0.15, 0.2) is 24.3 Å². The van der Waals surface area contributed by atoms with Gasteiger partial charge in [0.2, 0.25) is 5.91 Å². The van der Waals surface area contributed by atoms with Crippen molar-refractivity contribution in [2.45, 2.75) is 13.8 Å². The first-order valence-corrected chi connectivity index (χ1v) is 4.35. The molecule has 0 unspecified atom stereocenters. The quantitative estimate of drug-likeness (QED) is 0.514. The second-order valence-corrected chi connectivity index (χ2v) is 3.25. The minimum atomic E-state index is -0.347. The van der Waals surface area contributed by atoms with E-state index < -0.39 is 0 Å². The molecule has 0 aromatic rings. The van der Waals surface area contributed by atoms with Crippen molar-refractivity contribution in [3.8, 4) is 0 Å². The SMILES string of the molecule is C=C(C)C(=O)N(C)C.C=C(C)C(=O)OC. The molecule has 0 aliphatic carbocycles. The van der Waals surface area contributed by atoms with E-state index in [1.165, 1.54) is 12.0 Å². The van der Waals surface area contributed by atoms with Crippen molar-refractivity contribution in [1.29, 1.82) is 0 Å². The average molecular weight is 213 g/mol. The van der Waals surface area contributed by atoms with Crippen molar-refractivity contribution in [3.63, 3.8) is 0 Å². The van der Waals surface area contributed by atoms with Crippen molar-refractivity contribution in [2.24, 2.45) is 0 Å². The van der Waals surface area contributed by atoms with Gasteiger partial charge in [-0.2, -0.15) is 0 Å². The molecule has 0 aromatic carbocycles. The van der Waals surface area contributed by atoms with Crippen molar-refractivity contribution >= 4 is 11.9 Å². The van der Waals surface area contributed by atoms with E-state index in [1.54, 1.807) is 27.9 Å². The normalized spacial score (nSPS) is 8.07. The van der Waals surface area contributed by atoms with Gasteiger partial charge in [0.05, 0.1) is 7.11 Å². The number of amides is 1. The summed E-state index contributed by atoms with van der Waals surface area (Å²) in [6.45, 7) is 10.1. The smallest absolute Gasteiger partial charge is 0.332 e. The molecule has 1 amide bonds. The van der Waals surface area contributed by atoms with E-state index >= 15 is 0 Å². The predicted molar refractivity (Wildman–Crippen MR) is 60.3 cm³/mol. The molecule has 0 aliphatic rings. The fourth-order valence-corrected chi connectivity index (χ4v) is 0.556. The highest BCUT2D eigenvalue weighted by Crippen LogP contribution is 1.90. The van der Waals surface area contributed by atoms with Gasteiger partial charge in [0.15, 0.2) is 0 Å². The number of carbonyl (C=O) groups excluding carboxylic acids is 2. The number of ether oxygens (including phenoxy) is 1. The Labute approximate surface area is 91.2 Å². The van der Waals surface area contributed by atoms with Gasteiger partial charge in [0, 0.05) is 25.2 Å². The Bertz CT molecular complexity index is 267. The van der Waals surface area contributed by atoms with Crippen LogP contribution in [0.25, 0.3) is 0 Å². The van der Waals surface area contributed by atoms with Crippen LogP contribution in [0.4, 0.5) is 0 Å². The molecule has 0 bridgehead atoms. The molecule has 0 saturated heterocycles. The van der Waals surface area contributed by atoms with Crippen molar-refractivity contribution in [3.05, 3.63) is 24.3 Å². The maximum absolute atomic E-state index is 10.7. The summed E-state index contributed by atoms with van der Waals surface area (Å²) in [6, 6.07) is 0. The third kappa shape index (κ3) is 8.74. The largest absolute Gasteiger partial charge is 0.466 e. The summed E-state index contributed by atoms with van der Waals surface area (Å²) < 4.78 is 4.27. The van der Waals surface area contributed by atoms with E-state index in [0.717, 1.165) is 0 Å². The van der Waals surface area contributed by atoms with Gasteiger partial charge in [-0.3, -0.25) is 4.79 Å². The van der Waals surface area contributed by atoms with Gasteiger partial charge >= 0.3 is 5.97 Å². The highest BCUT2D eigenvalue weighted by Gasteiger charge is 2.01. The lowest BCUT2D eigenvalue weighted by molar-refractivity contribution is -0.136. The number of carbonyl (C=O) groups is 2. The fourth-order valence-electron chi connectivity index (χ4n) is 0.556. The summed E-state index contributed by atoms with van der Waals surface area (Å²) in [5.74, 6) is -0.356. The second-order valence-electron chi connectivity index (χ2n) is 3.25. The van der Waals surface area contributed by atoms with Gasteiger partial charge in [-0.25, -0.2) is 4.79 Å². The van der Waals surface area contributed by atoms with E-state index in [-0.39, 0.29) is 11.9 Å². The Morgan fingerprint density at radius 2 is 1.47 bits per heavy atom. The van der Waals surface area contributed by atoms with Crippen LogP contribution in [0.3, 0.4) is 0 Å². The second kappa shape index (κ2) is 7.79. The van der Waals surface area contributed by atoms with Crippen LogP contribution in [0, 0.1) is 0 Å². The van der Waals surface area contributed by atoms with Crippen LogP contribution in [0.1, 0.15) is 13.8 Å². The van der Waals surface area contributed by atoms with Gasteiger partial charge in [-0.1, -0.05) is 13.2 Å². The molecule has 0 radical (unpaired) electrons. The summed E-state index contributed by atoms with van der Waals surface area (Å²) in [5, 5.41) is 0. The third-order valence-electron chi connectivity index (χ3n) is 1.31. The molecule has 0 saturated carbocycles. The number of nitrogens with zero attached hydrogens (tertiary/aromatic N) is 1. The molecule has 0 fully saturated rings. The molecule has 15 heavy (non-hydrogen) atoms. The van der Waals surface area contributed by atoms with Gasteiger partial charge in [-0.15, -0.1) is 0 Å². The minimum absolute atomic E-state index is 0.00926. The van der Waals surface area contributed by atoms with Crippen LogP contribution in [-0.4, -0.2) is 38.0 Å². The first-order chi connectivity index (χ1) is 6.73. The lowest BCUT2D eigenvalue weighted by Crippen LogP contribution is -2.21. The van der Waals surface area contributed by atoms with Crippen molar-refractivity contribution in [1.82, 2.24) is 4.90 Å². The minimum Gasteiger partial charge on any atom is -0.466 e. The number of hydrogen-bond acceptors (Lipinski definition) is 3. The Balaban J connectivity index is 0. The maximum atomic E-state index is 10.7. The zero-order valence-electron chi connectivity index (χ0n) is 10.1. The molecule has 86 valence electrons. The molecule has 0 spiro atoms. The summed E-state index contributed by atoms with van der Waals surface area (Å²) in [6.07, 6.45) is 0. The van der Waals surface area contributed by atoms with Crippen LogP contribution >= 0.6 is 0 Å². The first-order valence-electron chi connectivity index (χ1n) is 4.35. The monoisotopic (exact) mass is 213 g/mol. The number of methoxy groups -OCH3 is 1. The number of rotatable bonds is 2. The number of likely N-dealkylation sites (N-methyl/N-ethyl adjacent to an activating group) is 1. The Morgan fingerprint density at radius 3 is 1.47 bits per heavy atom. The van der Waals surface area contributed by atoms with Crippen LogP contribution < -0.4 is 0 Å². The van der Waals surface area contributed by atoms with E-state index in [1.807, 2.05) is 0 Å². The van der Waals surface area contributed by atoms with Gasteiger partial charge in [0.25, 0.3) is 0 Å². The molecule has 4 nitrogen and oxygen atoms in total. The zero-order valence-corrected chi connectivity index (χ0v) is 10.1. The average Bonchev–Trinajstić information content (AvgIpc) is 2.15. The summed E-state index contributed by atoms with van der Waals surface area (Å²) >= 11 is 0. The molecule has 0 atom stereocenters. The van der Waals surface area contributed by atoms with E-state index in [4.69, 9.17) is 0 Å². The van der Waals surface area contributed by atoms with Crippen LogP contribution in [0.5, 0.6) is 0 Å². The molecular formula is C11H19NO3. The van der Waals surface area contributed by atoms with Gasteiger partial charge in [-0.05, 0) is 13.8 Å². The molecule has 0 aromatic heterocycles. The molecular weight excluding hydrogens is 194 g/mol. The Hall–Kier alpha value is -1.58. The lowest BCUT2D eigenvalue weighted by atomic mass is 10.3. The lowest BCUT2D eigenvalue weighted by Gasteiger charge is -2.07. The summed E-state index contributed by atoms with van der Waals surface area (Å²) in [5.41, 5.74) is 1.01. The molecule has 0 aliphatic heterocycles. The van der Waals surface area contributed by atoms with E-state index in [2.05, 4.69) is 17.9 Å². The van der Waals surface area contributed by atoms with Gasteiger partial charge in [0.1, 0.15) is 0 Å². The summed E-state index contributed by atoms with van der Waals surface area (Å²) in [4.78, 5) is 22.4. The Kier molecular flexibility index (Phi) is 8.24. The number of hydrogen-bond donors (Lipinski definition) is 0. The molecule has 0 rings (SSSR count). The topological polar surface area (TPSA) is 46.6 Å². The summed E-state index contributed by atoms with van der Waals surface area (Å²) in [7, 11) is 4.74. The third-order valence-corrected chi connectivity index (χ3v) is 1.31. The van der Waals surface area contributed by atoms with Crippen molar-refractivity contribution < 1.29 is 14.3 Å². The Morgan fingerprint density at radius 1 is 1.07 bits per heavy atom. The standard InChI is InChI=1S/C6H11NO.C5H8O2/c1-5(2)6(8)7(3)4;1-4(2)5(6)7-3/h1H2,2-4H3;1H2,2-3H3. The zero-order chi connectivity index (χ0) is 12.6.